The Balaban J connectivity index is 2.34. The van der Waals surface area contributed by atoms with Crippen LogP contribution >= 0.6 is 0 Å². The molecule has 4 nitrogen and oxygen atoms in total. The van der Waals surface area contributed by atoms with E-state index in [1.165, 1.54) is 32.6 Å². The maximum Gasteiger partial charge on any atom is 0.337 e. The molecule has 19 heavy (non-hydrogen) atoms. The van der Waals surface area contributed by atoms with Crippen LogP contribution in [-0.4, -0.2) is 24.6 Å². The quantitative estimate of drug-likeness (QED) is 0.476. The van der Waals surface area contributed by atoms with E-state index >= 15 is 0 Å². The molecular weight excluding hydrogens is 244 g/mol. The van der Waals surface area contributed by atoms with Gasteiger partial charge in [-0.2, -0.15) is 0 Å². The van der Waals surface area contributed by atoms with Crippen LogP contribution in [0.1, 0.15) is 58.8 Å². The minimum absolute atomic E-state index is 0.294. The smallest absolute Gasteiger partial charge is 0.337 e. The maximum atomic E-state index is 11.5. The topological polar surface area (TPSA) is 52.6 Å². The largest absolute Gasteiger partial charge is 0.458 e. The van der Waals surface area contributed by atoms with Gasteiger partial charge >= 0.3 is 11.9 Å². The summed E-state index contributed by atoms with van der Waals surface area (Å²) in [4.78, 5) is 22.6. The number of hydrogen-bond acceptors (Lipinski definition) is 4. The first-order chi connectivity index (χ1) is 9.15. The van der Waals surface area contributed by atoms with E-state index in [0.717, 1.165) is 12.8 Å². The number of cyclic esters (lactones) is 1. The molecule has 1 atom stereocenters. The van der Waals surface area contributed by atoms with Crippen LogP contribution in [-0.2, 0) is 19.1 Å². The first-order valence-electron chi connectivity index (χ1n) is 7.19. The summed E-state index contributed by atoms with van der Waals surface area (Å²) >= 11 is 0. The first kappa shape index (κ1) is 15.7. The zero-order valence-corrected chi connectivity index (χ0v) is 11.9. The standard InChI is InChI=1S/C15H24O4/c1-3-4-5-6-7-8-9-14(19-12(2)16)13-10-11-18-15(13)17/h10,14H,3-9,11H2,1-2H3. The molecule has 1 unspecified atom stereocenters. The second kappa shape index (κ2) is 8.73. The van der Waals surface area contributed by atoms with Crippen molar-refractivity contribution in [1.82, 2.24) is 0 Å². The van der Waals surface area contributed by atoms with Crippen molar-refractivity contribution in [3.63, 3.8) is 0 Å². The fraction of sp³-hybridized carbons (Fsp3) is 0.733. The van der Waals surface area contributed by atoms with Crippen molar-refractivity contribution in [2.24, 2.45) is 0 Å². The molecule has 1 heterocycles. The van der Waals surface area contributed by atoms with Crippen LogP contribution in [0.15, 0.2) is 11.6 Å². The van der Waals surface area contributed by atoms with E-state index < -0.39 is 6.10 Å². The fourth-order valence-corrected chi connectivity index (χ4v) is 2.23. The van der Waals surface area contributed by atoms with Crippen LogP contribution in [0.5, 0.6) is 0 Å². The molecule has 0 spiro atoms. The first-order valence-corrected chi connectivity index (χ1v) is 7.19. The lowest BCUT2D eigenvalue weighted by Crippen LogP contribution is -2.22. The van der Waals surface area contributed by atoms with Gasteiger partial charge in [-0.25, -0.2) is 4.79 Å². The summed E-state index contributed by atoms with van der Waals surface area (Å²) in [5, 5.41) is 0. The number of rotatable bonds is 9. The Morgan fingerprint density at radius 1 is 1.32 bits per heavy atom. The lowest BCUT2D eigenvalue weighted by molar-refractivity contribution is -0.146. The van der Waals surface area contributed by atoms with Gasteiger partial charge in [0.05, 0.1) is 5.57 Å². The van der Waals surface area contributed by atoms with Gasteiger partial charge in [0.15, 0.2) is 0 Å². The van der Waals surface area contributed by atoms with E-state index in [2.05, 4.69) is 6.92 Å². The van der Waals surface area contributed by atoms with Gasteiger partial charge in [-0.3, -0.25) is 4.79 Å². The van der Waals surface area contributed by atoms with Crippen molar-refractivity contribution >= 4 is 11.9 Å². The summed E-state index contributed by atoms with van der Waals surface area (Å²) < 4.78 is 10.1. The third kappa shape index (κ3) is 5.90. The third-order valence-electron chi connectivity index (χ3n) is 3.23. The molecule has 0 bridgehead atoms. The number of unbranched alkanes of at least 4 members (excludes halogenated alkanes) is 5. The monoisotopic (exact) mass is 268 g/mol. The minimum atomic E-state index is -0.432. The van der Waals surface area contributed by atoms with E-state index in [1.807, 2.05) is 0 Å². The Labute approximate surface area is 115 Å². The van der Waals surface area contributed by atoms with Gasteiger partial charge in [0.2, 0.25) is 0 Å². The van der Waals surface area contributed by atoms with Crippen molar-refractivity contribution in [2.75, 3.05) is 6.61 Å². The number of carbonyl (C=O) groups is 2. The molecule has 1 aliphatic rings. The van der Waals surface area contributed by atoms with Crippen molar-refractivity contribution in [3.8, 4) is 0 Å². The summed E-state index contributed by atoms with van der Waals surface area (Å²) in [6, 6.07) is 0. The molecule has 108 valence electrons. The van der Waals surface area contributed by atoms with Gasteiger partial charge in [-0.15, -0.1) is 0 Å². The normalized spacial score (nSPS) is 15.9. The predicted molar refractivity (Wildman–Crippen MR) is 72.6 cm³/mol. The molecule has 1 aliphatic heterocycles. The van der Waals surface area contributed by atoms with Gasteiger partial charge in [0.1, 0.15) is 12.7 Å². The molecule has 0 radical (unpaired) electrons. The molecule has 0 N–H and O–H groups in total. The van der Waals surface area contributed by atoms with E-state index in [4.69, 9.17) is 9.47 Å². The summed E-state index contributed by atoms with van der Waals surface area (Å²) in [5.41, 5.74) is 0.503. The molecule has 0 aromatic carbocycles. The molecule has 1 rings (SSSR count). The van der Waals surface area contributed by atoms with Gasteiger partial charge in [-0.1, -0.05) is 39.0 Å². The lowest BCUT2D eigenvalue weighted by atomic mass is 10.0. The molecule has 0 aliphatic carbocycles. The molecule has 0 amide bonds. The van der Waals surface area contributed by atoms with E-state index in [1.54, 1.807) is 6.08 Å². The summed E-state index contributed by atoms with van der Waals surface area (Å²) in [5.74, 6) is -0.700. The van der Waals surface area contributed by atoms with E-state index in [0.29, 0.717) is 18.6 Å². The van der Waals surface area contributed by atoms with Crippen molar-refractivity contribution in [3.05, 3.63) is 11.6 Å². The Morgan fingerprint density at radius 3 is 2.58 bits per heavy atom. The fourth-order valence-electron chi connectivity index (χ4n) is 2.23. The average Bonchev–Trinajstić information content (AvgIpc) is 2.78. The number of carbonyl (C=O) groups excluding carboxylic acids is 2. The molecule has 0 saturated heterocycles. The molecule has 0 saturated carbocycles. The minimum Gasteiger partial charge on any atom is -0.458 e. The Morgan fingerprint density at radius 2 is 2.00 bits per heavy atom. The highest BCUT2D eigenvalue weighted by molar-refractivity contribution is 5.91. The Hall–Kier alpha value is -1.32. The van der Waals surface area contributed by atoms with Crippen molar-refractivity contribution in [2.45, 2.75) is 64.9 Å². The second-order valence-electron chi connectivity index (χ2n) is 4.91. The van der Waals surface area contributed by atoms with Crippen molar-refractivity contribution in [1.29, 1.82) is 0 Å². The summed E-state index contributed by atoms with van der Waals surface area (Å²) in [7, 11) is 0. The zero-order valence-electron chi connectivity index (χ0n) is 11.9. The molecular formula is C15H24O4. The molecule has 4 heteroatoms. The van der Waals surface area contributed by atoms with Crippen LogP contribution in [0.2, 0.25) is 0 Å². The van der Waals surface area contributed by atoms with Crippen LogP contribution in [0, 0.1) is 0 Å². The highest BCUT2D eigenvalue weighted by Crippen LogP contribution is 2.20. The Kier molecular flexibility index (Phi) is 7.23. The predicted octanol–water partition coefficient (Wildman–Crippen LogP) is 3.15. The zero-order chi connectivity index (χ0) is 14.1. The third-order valence-corrected chi connectivity index (χ3v) is 3.23. The number of hydrogen-bond donors (Lipinski definition) is 0. The van der Waals surface area contributed by atoms with Crippen LogP contribution in [0.4, 0.5) is 0 Å². The van der Waals surface area contributed by atoms with Gasteiger partial charge in [-0.05, 0) is 18.9 Å². The van der Waals surface area contributed by atoms with Gasteiger partial charge in [0.25, 0.3) is 0 Å². The number of ether oxygens (including phenoxy) is 2. The SMILES string of the molecule is CCCCCCCCC(OC(C)=O)C1=CCOC1=O. The summed E-state index contributed by atoms with van der Waals surface area (Å²) in [6.07, 6.45) is 9.01. The molecule has 0 aromatic rings. The average molecular weight is 268 g/mol. The highest BCUT2D eigenvalue weighted by Gasteiger charge is 2.27. The van der Waals surface area contributed by atoms with Crippen molar-refractivity contribution < 1.29 is 19.1 Å². The maximum absolute atomic E-state index is 11.5. The highest BCUT2D eigenvalue weighted by atomic mass is 16.6. The van der Waals surface area contributed by atoms with Gasteiger partial charge in [0, 0.05) is 6.92 Å². The lowest BCUT2D eigenvalue weighted by Gasteiger charge is -2.16. The Bertz CT molecular complexity index is 333. The van der Waals surface area contributed by atoms with Crippen LogP contribution < -0.4 is 0 Å². The van der Waals surface area contributed by atoms with E-state index in [9.17, 15) is 9.59 Å². The van der Waals surface area contributed by atoms with Crippen LogP contribution in [0.25, 0.3) is 0 Å². The van der Waals surface area contributed by atoms with Gasteiger partial charge < -0.3 is 9.47 Å². The summed E-state index contributed by atoms with van der Waals surface area (Å²) in [6.45, 7) is 3.85. The van der Waals surface area contributed by atoms with E-state index in [-0.39, 0.29) is 11.9 Å². The second-order valence-corrected chi connectivity index (χ2v) is 4.91. The molecule has 0 fully saturated rings. The number of esters is 2. The van der Waals surface area contributed by atoms with Crippen LogP contribution in [0.3, 0.4) is 0 Å². The molecule has 0 aromatic heterocycles.